The van der Waals surface area contributed by atoms with Crippen LogP contribution >= 0.6 is 15.0 Å². The third-order valence-corrected chi connectivity index (χ3v) is 20.4. The van der Waals surface area contributed by atoms with Crippen LogP contribution in [0.4, 0.5) is 10.5 Å². The molecule has 4 aliphatic rings. The number of carbonyl (C=O) groups excluding carboxylic acids is 6. The number of piperidine rings is 1. The van der Waals surface area contributed by atoms with Crippen molar-refractivity contribution in [3.8, 4) is 0 Å². The summed E-state index contributed by atoms with van der Waals surface area (Å²) >= 11 is 0. The van der Waals surface area contributed by atoms with Crippen LogP contribution in [0.2, 0.25) is 0 Å². The molecule has 2 saturated heterocycles. The molecule has 1 saturated carbocycles. The lowest BCUT2D eigenvalue weighted by molar-refractivity contribution is -0.265. The van der Waals surface area contributed by atoms with E-state index in [0.717, 1.165) is 22.7 Å². The number of rotatable bonds is 11. The summed E-state index contributed by atoms with van der Waals surface area (Å²) < 4.78 is 59.4. The van der Waals surface area contributed by atoms with Crippen molar-refractivity contribution in [1.82, 2.24) is 9.88 Å². The monoisotopic (exact) mass is 1190 g/mol. The Morgan fingerprint density at radius 3 is 2.24 bits per heavy atom. The number of cyclic esters (lactones) is 1. The fourth-order valence-corrected chi connectivity index (χ4v) is 14.6. The van der Waals surface area contributed by atoms with Crippen LogP contribution in [0.1, 0.15) is 126 Å². The van der Waals surface area contributed by atoms with Gasteiger partial charge in [0.1, 0.15) is 47.6 Å². The molecule has 458 valence electrons. The van der Waals surface area contributed by atoms with Gasteiger partial charge < -0.3 is 58.2 Å². The van der Waals surface area contributed by atoms with E-state index in [-0.39, 0.29) is 54.9 Å². The molecule has 82 heavy (non-hydrogen) atoms. The van der Waals surface area contributed by atoms with Gasteiger partial charge in [0.2, 0.25) is 5.79 Å². The largest absolute Gasteiger partial charge is 0.460 e. The van der Waals surface area contributed by atoms with E-state index in [1.165, 1.54) is 20.3 Å². The van der Waals surface area contributed by atoms with Crippen LogP contribution in [0.15, 0.2) is 65.9 Å². The van der Waals surface area contributed by atoms with Gasteiger partial charge in [0, 0.05) is 58.5 Å². The van der Waals surface area contributed by atoms with Crippen molar-refractivity contribution < 1.29 is 91.2 Å². The summed E-state index contributed by atoms with van der Waals surface area (Å²) in [5, 5.41) is 26.1. The Morgan fingerprint density at radius 1 is 0.878 bits per heavy atom. The Bertz CT molecular complexity index is 2620. The molecule has 5 rings (SSSR count). The standard InChI is InChI=1S/C58H87N3O19P2/c1-34-16-12-11-13-17-35(2)47(75-8)30-43-22-19-40(7)58(69,80-43)54(65)55(66)61-25-15-14-18-44(61)56(67)78-48(31-45(62)36(3)27-39(6)52(64)53(77-10)51(63)38(5)26-34)37(4)28-41-20-23-46(49(29-41)76-9)79-57(68)60-42-21-24-50(59-32-42)81(70,71)33-82(72,73)74/h11-13,16-17,21,24,27,32,34,36-38,40-41,43-44,46-49,52-53,64,69H,14-15,18-20,22-23,25-26,28-31,33H2,1-10H3,(H,60,68)(H,70,71)(H2,72,73,74)/b13-11+,16-12-,35-17+,39-27+/t34-,36-,37-,38-,40-,41-,43+,44+,46-,47+,48+,49-,52-,53+,58-/m1/s1. The number of allylic oxidation sites excluding steroid dienone is 6. The van der Waals surface area contributed by atoms with Crippen LogP contribution in [-0.2, 0) is 61.5 Å². The Hall–Kier alpha value is -4.57. The number of ether oxygens (including phenoxy) is 6. The number of amides is 2. The van der Waals surface area contributed by atoms with Crippen LogP contribution in [0.5, 0.6) is 0 Å². The predicted octanol–water partition coefficient (Wildman–Crippen LogP) is 6.86. The van der Waals surface area contributed by atoms with Gasteiger partial charge in [-0.2, -0.15) is 0 Å². The predicted molar refractivity (Wildman–Crippen MR) is 304 cm³/mol. The lowest BCUT2D eigenvalue weighted by Gasteiger charge is -2.42. The smallest absolute Gasteiger partial charge is 0.412 e. The average Bonchev–Trinajstić information content (AvgIpc) is 3.37. The Morgan fingerprint density at radius 2 is 1.60 bits per heavy atom. The molecular weight excluding hydrogens is 1100 g/mol. The normalized spacial score (nSPS) is 35.3. The second-order valence-electron chi connectivity index (χ2n) is 23.0. The van der Waals surface area contributed by atoms with Gasteiger partial charge in [0.05, 0.1) is 30.2 Å². The number of aliphatic hydroxyl groups is 2. The van der Waals surface area contributed by atoms with Crippen molar-refractivity contribution in [3.05, 3.63) is 65.9 Å². The van der Waals surface area contributed by atoms with Gasteiger partial charge in [-0.1, -0.05) is 71.1 Å². The molecule has 2 amide bonds. The number of methoxy groups -OCH3 is 3. The first-order valence-electron chi connectivity index (χ1n) is 28.3. The molecule has 0 spiro atoms. The molecular formula is C58H87N3O19P2. The number of nitrogens with zero attached hydrogens (tertiary/aromatic N) is 2. The Balaban J connectivity index is 1.40. The number of ketones is 3. The summed E-state index contributed by atoms with van der Waals surface area (Å²) in [7, 11) is -4.98. The quantitative estimate of drug-likeness (QED) is 0.0570. The molecule has 0 aromatic carbocycles. The number of aromatic nitrogens is 1. The van der Waals surface area contributed by atoms with Gasteiger partial charge in [0.25, 0.3) is 19.1 Å². The van der Waals surface area contributed by atoms with Crippen molar-refractivity contribution in [2.45, 2.75) is 180 Å². The first-order chi connectivity index (χ1) is 38.5. The molecule has 3 fully saturated rings. The van der Waals surface area contributed by atoms with Crippen molar-refractivity contribution in [2.75, 3.05) is 39.1 Å². The molecule has 2 bridgehead atoms. The summed E-state index contributed by atoms with van der Waals surface area (Å²) in [5.41, 5.74) is 0.787. The minimum absolute atomic E-state index is 0.0154. The number of hydrogen-bond donors (Lipinski definition) is 6. The van der Waals surface area contributed by atoms with Crippen molar-refractivity contribution in [2.24, 2.45) is 35.5 Å². The van der Waals surface area contributed by atoms with E-state index in [4.69, 9.17) is 28.4 Å². The topological polar surface area (TPSA) is 321 Å². The second kappa shape index (κ2) is 30.5. The first kappa shape index (κ1) is 68.2. The highest BCUT2D eigenvalue weighted by Crippen LogP contribution is 2.53. The Labute approximate surface area is 481 Å². The highest BCUT2D eigenvalue weighted by atomic mass is 31.2. The summed E-state index contributed by atoms with van der Waals surface area (Å²) in [4.78, 5) is 118. The van der Waals surface area contributed by atoms with Gasteiger partial charge in [-0.05, 0) is 119 Å². The molecule has 0 radical (unpaired) electrons. The fraction of sp³-hybridized carbons (Fsp3) is 0.672. The maximum atomic E-state index is 14.6. The van der Waals surface area contributed by atoms with Gasteiger partial charge in [0.15, 0.2) is 5.78 Å². The Kier molecular flexibility index (Phi) is 25.4. The van der Waals surface area contributed by atoms with Crippen LogP contribution in [-0.4, -0.2) is 158 Å². The van der Waals surface area contributed by atoms with Gasteiger partial charge in [-0.3, -0.25) is 33.6 Å². The van der Waals surface area contributed by atoms with E-state index in [1.54, 1.807) is 40.9 Å². The molecule has 1 aromatic rings. The zero-order valence-corrected chi connectivity index (χ0v) is 50.7. The van der Waals surface area contributed by atoms with E-state index in [0.29, 0.717) is 63.4 Å². The lowest BCUT2D eigenvalue weighted by Crippen LogP contribution is -2.61. The van der Waals surface area contributed by atoms with E-state index in [2.05, 4.69) is 10.3 Å². The number of Topliss-reactive ketones (excluding diaryl/α,β-unsaturated/α-hetero) is 3. The third-order valence-electron chi connectivity index (χ3n) is 16.4. The lowest BCUT2D eigenvalue weighted by atomic mass is 9.78. The number of esters is 1. The summed E-state index contributed by atoms with van der Waals surface area (Å²) in [5.74, 6) is -10.3. The van der Waals surface area contributed by atoms with E-state index in [1.807, 2.05) is 51.2 Å². The number of aliphatic hydroxyl groups excluding tert-OH is 1. The molecule has 4 heterocycles. The van der Waals surface area contributed by atoms with E-state index < -0.39 is 128 Å². The highest BCUT2D eigenvalue weighted by molar-refractivity contribution is 7.77. The van der Waals surface area contributed by atoms with E-state index >= 15 is 0 Å². The summed E-state index contributed by atoms with van der Waals surface area (Å²) in [6.45, 7) is 12.4. The minimum atomic E-state index is -4.84. The van der Waals surface area contributed by atoms with E-state index in [9.17, 15) is 62.8 Å². The number of anilines is 1. The number of fused-ring (bicyclic) bond motifs is 3. The van der Waals surface area contributed by atoms with Crippen molar-refractivity contribution in [3.63, 3.8) is 0 Å². The molecule has 24 heteroatoms. The first-order valence-corrected chi connectivity index (χ1v) is 32.0. The van der Waals surface area contributed by atoms with Crippen LogP contribution < -0.4 is 10.8 Å². The maximum absolute atomic E-state index is 14.6. The molecule has 6 N–H and O–H groups in total. The molecule has 16 atom stereocenters. The number of hydrogen-bond acceptors (Lipinski definition) is 17. The number of pyridine rings is 1. The number of carbonyl (C=O) groups is 6. The zero-order chi connectivity index (χ0) is 60.9. The SMILES string of the molecule is CO[C@H]1C[C@@H]2CC[C@@H](C)[C@@](O)(O2)C(=O)C(=O)N2CCCC[C@H]2C(=O)O[C@H]([C@H](C)C[C@H]2CC[C@@H](OC(=O)Nc3ccc(P(=O)(O)CP(=O)(O)O)nc3)[C@H](OC)C2)CC(=O)[C@H](C)/C=C(\C)[C@@H](O)[C@@H](OC)C(=O)[C@H](C)C[C@H](C)\C=C/C=C/C=C/1C. The second-order valence-corrected chi connectivity index (χ2v) is 27.3. The highest BCUT2D eigenvalue weighted by Gasteiger charge is 2.53. The van der Waals surface area contributed by atoms with Gasteiger partial charge in [-0.15, -0.1) is 0 Å². The molecule has 22 nitrogen and oxygen atoms in total. The molecule has 3 aliphatic heterocycles. The van der Waals surface area contributed by atoms with Crippen molar-refractivity contribution >= 4 is 61.4 Å². The van der Waals surface area contributed by atoms with Crippen LogP contribution in [0, 0.1) is 35.5 Å². The third kappa shape index (κ3) is 18.7. The molecule has 1 unspecified atom stereocenters. The zero-order valence-electron chi connectivity index (χ0n) is 48.9. The fourth-order valence-electron chi connectivity index (χ4n) is 11.5. The maximum Gasteiger partial charge on any atom is 0.412 e. The van der Waals surface area contributed by atoms with Crippen LogP contribution in [0.25, 0.3) is 0 Å². The minimum Gasteiger partial charge on any atom is -0.460 e. The van der Waals surface area contributed by atoms with Crippen LogP contribution in [0.3, 0.4) is 0 Å². The van der Waals surface area contributed by atoms with Gasteiger partial charge in [-0.25, -0.2) is 14.6 Å². The summed E-state index contributed by atoms with van der Waals surface area (Å²) in [6, 6.07) is 1.07. The molecule has 1 aromatic heterocycles. The summed E-state index contributed by atoms with van der Waals surface area (Å²) in [6.07, 6.45) is 9.07. The average molecular weight is 1190 g/mol. The molecule has 1 aliphatic carbocycles. The van der Waals surface area contributed by atoms with Crippen molar-refractivity contribution in [1.29, 1.82) is 0 Å². The van der Waals surface area contributed by atoms with Gasteiger partial charge >= 0.3 is 19.7 Å². The number of nitrogens with one attached hydrogen (secondary N) is 1.